The van der Waals surface area contributed by atoms with Crippen molar-refractivity contribution in [2.45, 2.75) is 166 Å². The Balaban J connectivity index is 5.14. The highest BCUT2D eigenvalue weighted by molar-refractivity contribution is 5.95. The van der Waals surface area contributed by atoms with Gasteiger partial charge in [0.25, 0.3) is 0 Å². The summed E-state index contributed by atoms with van der Waals surface area (Å²) < 4.78 is 6.01. The first-order valence-electron chi connectivity index (χ1n) is 16.9. The van der Waals surface area contributed by atoms with Gasteiger partial charge < -0.3 is 20.7 Å². The molecule has 0 aliphatic heterocycles. The molecule has 0 saturated heterocycles. The fourth-order valence-corrected chi connectivity index (χ4v) is 5.36. The average Bonchev–Trinajstić information content (AvgIpc) is 2.83. The molecule has 45 heavy (non-hydrogen) atoms. The predicted octanol–water partition coefficient (Wildman–Crippen LogP) is 6.51. The zero-order valence-corrected chi connectivity index (χ0v) is 31.1. The van der Waals surface area contributed by atoms with E-state index in [1.165, 1.54) is 6.92 Å². The van der Waals surface area contributed by atoms with Crippen LogP contribution in [0.2, 0.25) is 0 Å². The molecule has 0 saturated carbocycles. The first-order valence-corrected chi connectivity index (χ1v) is 16.9. The van der Waals surface area contributed by atoms with Gasteiger partial charge in [0.05, 0.1) is 12.0 Å². The third kappa shape index (κ3) is 19.6. The minimum atomic E-state index is -0.789. The van der Waals surface area contributed by atoms with Gasteiger partial charge in [-0.2, -0.15) is 0 Å². The SMILES string of the molecule is CC(=O)NCCC[C@H](NC(=O)[C@@H](NC(=O)CCCCC(C)(C)OC(=O)C(CC(C)(C)C)CC(C)(C)C)C(C)C)C(=O)C(C)(C)C. The maximum absolute atomic E-state index is 13.3. The van der Waals surface area contributed by atoms with Gasteiger partial charge in [0, 0.05) is 25.3 Å². The number of amides is 3. The summed E-state index contributed by atoms with van der Waals surface area (Å²) in [6, 6.07) is -1.51. The van der Waals surface area contributed by atoms with E-state index < -0.39 is 29.0 Å². The molecule has 0 fully saturated rings. The molecule has 0 radical (unpaired) electrons. The number of hydrogen-bond donors (Lipinski definition) is 3. The molecular formula is C36H67N3O6. The summed E-state index contributed by atoms with van der Waals surface area (Å²) in [7, 11) is 0. The zero-order valence-electron chi connectivity index (χ0n) is 31.1. The van der Waals surface area contributed by atoms with E-state index >= 15 is 0 Å². The Hall–Kier alpha value is -2.45. The summed E-state index contributed by atoms with van der Waals surface area (Å²) in [5.41, 5.74) is -1.30. The Kier molecular flexibility index (Phi) is 17.1. The lowest BCUT2D eigenvalue weighted by Gasteiger charge is -2.33. The summed E-state index contributed by atoms with van der Waals surface area (Å²) in [5.74, 6) is -1.40. The molecule has 2 atom stereocenters. The Morgan fingerprint density at radius 2 is 1.27 bits per heavy atom. The summed E-state index contributed by atoms with van der Waals surface area (Å²) in [4.78, 5) is 63.7. The zero-order chi connectivity index (χ0) is 35.4. The van der Waals surface area contributed by atoms with Crippen molar-refractivity contribution in [3.05, 3.63) is 0 Å². The van der Waals surface area contributed by atoms with Gasteiger partial charge in [-0.3, -0.25) is 24.0 Å². The third-order valence-corrected chi connectivity index (χ3v) is 7.54. The molecule has 262 valence electrons. The van der Waals surface area contributed by atoms with Gasteiger partial charge in [0.15, 0.2) is 5.78 Å². The smallest absolute Gasteiger partial charge is 0.309 e. The van der Waals surface area contributed by atoms with Crippen LogP contribution in [0.25, 0.3) is 0 Å². The van der Waals surface area contributed by atoms with Crippen LogP contribution in [0.1, 0.15) is 148 Å². The van der Waals surface area contributed by atoms with E-state index in [0.29, 0.717) is 38.6 Å². The van der Waals surface area contributed by atoms with E-state index in [1.54, 1.807) is 0 Å². The number of rotatable bonds is 18. The molecule has 0 bridgehead atoms. The van der Waals surface area contributed by atoms with Crippen LogP contribution in [0, 0.1) is 28.1 Å². The van der Waals surface area contributed by atoms with Crippen LogP contribution in [0.15, 0.2) is 0 Å². The minimum Gasteiger partial charge on any atom is -0.459 e. The van der Waals surface area contributed by atoms with Gasteiger partial charge in [-0.1, -0.05) is 76.2 Å². The Morgan fingerprint density at radius 3 is 1.71 bits per heavy atom. The van der Waals surface area contributed by atoms with Crippen molar-refractivity contribution in [3.63, 3.8) is 0 Å². The second kappa shape index (κ2) is 18.0. The number of nitrogens with one attached hydrogen (secondary N) is 3. The molecule has 3 N–H and O–H groups in total. The third-order valence-electron chi connectivity index (χ3n) is 7.54. The second-order valence-corrected chi connectivity index (χ2v) is 17.2. The molecule has 9 nitrogen and oxygen atoms in total. The summed E-state index contributed by atoms with van der Waals surface area (Å²) in [6.45, 7) is 27.6. The molecule has 0 aromatic rings. The topological polar surface area (TPSA) is 131 Å². The summed E-state index contributed by atoms with van der Waals surface area (Å²) >= 11 is 0. The number of ketones is 1. The number of ether oxygens (including phenoxy) is 1. The highest BCUT2D eigenvalue weighted by Crippen LogP contribution is 2.35. The number of unbranched alkanes of at least 4 members (excludes halogenated alkanes) is 1. The molecule has 0 heterocycles. The standard InChI is InChI=1S/C36H67N3O6/c1-24(2)29(31(43)38-27(30(42)35(10,11)12)18-17-21-37-25(3)40)39-28(41)19-15-16-20-36(13,14)45-32(44)26(22-33(4,5)6)23-34(7,8)9/h24,26-27,29H,15-23H2,1-14H3,(H,37,40)(H,38,43)(H,39,41)/t27-,29-/m0/s1. The lowest BCUT2D eigenvalue weighted by Crippen LogP contribution is -2.55. The monoisotopic (exact) mass is 638 g/mol. The number of hydrogen-bond acceptors (Lipinski definition) is 6. The van der Waals surface area contributed by atoms with E-state index in [2.05, 4.69) is 57.5 Å². The van der Waals surface area contributed by atoms with Crippen LogP contribution in [-0.2, 0) is 28.7 Å². The van der Waals surface area contributed by atoms with E-state index in [4.69, 9.17) is 4.74 Å². The first-order chi connectivity index (χ1) is 20.2. The van der Waals surface area contributed by atoms with Gasteiger partial charge in [-0.15, -0.1) is 0 Å². The number of carbonyl (C=O) groups is 5. The van der Waals surface area contributed by atoms with Crippen molar-refractivity contribution in [2.24, 2.45) is 28.1 Å². The first kappa shape index (κ1) is 42.6. The molecule has 0 aromatic heterocycles. The maximum Gasteiger partial charge on any atom is 0.309 e. The minimum absolute atomic E-state index is 0.00791. The van der Waals surface area contributed by atoms with Crippen LogP contribution >= 0.6 is 0 Å². The fraction of sp³-hybridized carbons (Fsp3) is 0.861. The van der Waals surface area contributed by atoms with Gasteiger partial charge in [-0.05, 0) is 75.5 Å². The van der Waals surface area contributed by atoms with Gasteiger partial charge >= 0.3 is 5.97 Å². The van der Waals surface area contributed by atoms with E-state index in [-0.39, 0.29) is 52.7 Å². The maximum atomic E-state index is 13.3. The fourth-order valence-electron chi connectivity index (χ4n) is 5.36. The van der Waals surface area contributed by atoms with Crippen molar-refractivity contribution in [1.82, 2.24) is 16.0 Å². The molecule has 9 heteroatoms. The van der Waals surface area contributed by atoms with E-state index in [9.17, 15) is 24.0 Å². The molecule has 0 rings (SSSR count). The predicted molar refractivity (Wildman–Crippen MR) is 181 cm³/mol. The largest absolute Gasteiger partial charge is 0.459 e. The molecule has 0 aliphatic carbocycles. The number of carbonyl (C=O) groups excluding carboxylic acids is 5. The van der Waals surface area contributed by atoms with Crippen LogP contribution in [0.4, 0.5) is 0 Å². The highest BCUT2D eigenvalue weighted by Gasteiger charge is 2.35. The summed E-state index contributed by atoms with van der Waals surface area (Å²) in [6.07, 6.45) is 4.55. The van der Waals surface area contributed by atoms with Crippen LogP contribution < -0.4 is 16.0 Å². The Labute approximate surface area is 274 Å². The Morgan fingerprint density at radius 1 is 0.733 bits per heavy atom. The number of esters is 1. The second-order valence-electron chi connectivity index (χ2n) is 17.2. The molecule has 3 amide bonds. The Bertz CT molecular complexity index is 966. The van der Waals surface area contributed by atoms with E-state index in [1.807, 2.05) is 48.5 Å². The average molecular weight is 638 g/mol. The summed E-state index contributed by atoms with van der Waals surface area (Å²) in [5, 5.41) is 8.46. The normalized spacial score (nSPS) is 14.1. The lowest BCUT2D eigenvalue weighted by atomic mass is 9.77. The molecule has 0 spiro atoms. The van der Waals surface area contributed by atoms with Crippen LogP contribution in [0.3, 0.4) is 0 Å². The quantitative estimate of drug-likeness (QED) is 0.116. The van der Waals surface area contributed by atoms with E-state index in [0.717, 1.165) is 12.8 Å². The highest BCUT2D eigenvalue weighted by atomic mass is 16.6. The van der Waals surface area contributed by atoms with Crippen molar-refractivity contribution in [1.29, 1.82) is 0 Å². The van der Waals surface area contributed by atoms with Crippen LogP contribution in [0.5, 0.6) is 0 Å². The van der Waals surface area contributed by atoms with Gasteiger partial charge in [0.2, 0.25) is 17.7 Å². The molecule has 0 unspecified atom stereocenters. The lowest BCUT2D eigenvalue weighted by molar-refractivity contribution is -0.164. The van der Waals surface area contributed by atoms with Crippen LogP contribution in [-0.4, -0.2) is 53.7 Å². The number of Topliss-reactive ketones (excluding diaryl/α,β-unsaturated/α-hetero) is 1. The van der Waals surface area contributed by atoms with Crippen molar-refractivity contribution in [2.75, 3.05) is 6.54 Å². The molecular weight excluding hydrogens is 570 g/mol. The van der Waals surface area contributed by atoms with Crippen molar-refractivity contribution in [3.8, 4) is 0 Å². The van der Waals surface area contributed by atoms with Gasteiger partial charge in [0.1, 0.15) is 11.6 Å². The van der Waals surface area contributed by atoms with Gasteiger partial charge in [-0.25, -0.2) is 0 Å². The molecule has 0 aromatic carbocycles. The van der Waals surface area contributed by atoms with Crippen molar-refractivity contribution >= 4 is 29.5 Å². The molecule has 0 aliphatic rings. The van der Waals surface area contributed by atoms with Crippen molar-refractivity contribution < 1.29 is 28.7 Å².